The average molecular weight is 316 g/mol. The second-order valence-electron chi connectivity index (χ2n) is 5.40. The number of carboxylic acid groups (broad SMARTS) is 1. The average Bonchev–Trinajstić information content (AvgIpc) is 3.17. The van der Waals surface area contributed by atoms with Gasteiger partial charge in [0.2, 0.25) is 0 Å². The fourth-order valence-electron chi connectivity index (χ4n) is 2.41. The number of nitrogens with zero attached hydrogens (tertiary/aromatic N) is 2. The summed E-state index contributed by atoms with van der Waals surface area (Å²) in [6.45, 7) is 1.53. The van der Waals surface area contributed by atoms with Gasteiger partial charge < -0.3 is 10.0 Å². The molecule has 114 valence electrons. The number of thiophene rings is 1. The smallest absolute Gasteiger partial charge is 0.323 e. The number of amides is 1. The van der Waals surface area contributed by atoms with Crippen molar-refractivity contribution >= 4 is 23.2 Å². The molecule has 22 heavy (non-hydrogen) atoms. The number of hydrogen-bond acceptors (Lipinski definition) is 4. The van der Waals surface area contributed by atoms with Crippen LogP contribution in [0, 0.1) is 6.92 Å². The van der Waals surface area contributed by atoms with Crippen molar-refractivity contribution in [3.05, 3.63) is 40.2 Å². The van der Waals surface area contributed by atoms with Crippen molar-refractivity contribution < 1.29 is 14.7 Å². The van der Waals surface area contributed by atoms with E-state index in [9.17, 15) is 9.59 Å². The molecule has 0 unspecified atom stereocenters. The molecule has 2 aromatic rings. The van der Waals surface area contributed by atoms with Gasteiger partial charge in [0.1, 0.15) is 6.54 Å². The summed E-state index contributed by atoms with van der Waals surface area (Å²) in [5.74, 6) is -1.23. The van der Waals surface area contributed by atoms with Gasteiger partial charge in [0.25, 0.3) is 5.91 Å². The normalized spacial score (nSPS) is 13.9. The van der Waals surface area contributed by atoms with Crippen molar-refractivity contribution in [1.82, 2.24) is 9.88 Å². The molecule has 0 atom stereocenters. The first-order valence-electron chi connectivity index (χ1n) is 7.09. The van der Waals surface area contributed by atoms with Crippen LogP contribution in [-0.2, 0) is 4.79 Å². The number of carbonyl (C=O) groups excluding carboxylic acids is 1. The molecular weight excluding hydrogens is 300 g/mol. The van der Waals surface area contributed by atoms with E-state index in [1.54, 1.807) is 24.3 Å². The lowest BCUT2D eigenvalue weighted by atomic mass is 10.1. The van der Waals surface area contributed by atoms with Gasteiger partial charge in [0, 0.05) is 17.0 Å². The fourth-order valence-corrected chi connectivity index (χ4v) is 3.06. The zero-order valence-corrected chi connectivity index (χ0v) is 13.0. The Hall–Kier alpha value is -2.21. The topological polar surface area (TPSA) is 70.5 Å². The highest BCUT2D eigenvalue weighted by molar-refractivity contribution is 7.08. The highest BCUT2D eigenvalue weighted by Gasteiger charge is 2.35. The fraction of sp³-hybridized carbons (Fsp3) is 0.312. The summed E-state index contributed by atoms with van der Waals surface area (Å²) < 4.78 is 0. The minimum atomic E-state index is -0.985. The molecule has 1 saturated carbocycles. The number of pyridine rings is 1. The lowest BCUT2D eigenvalue weighted by molar-refractivity contribution is -0.137. The molecule has 5 nitrogen and oxygen atoms in total. The summed E-state index contributed by atoms with van der Waals surface area (Å²) >= 11 is 1.59. The number of aryl methyl sites for hydroxylation is 1. The summed E-state index contributed by atoms with van der Waals surface area (Å²) in [6, 6.07) is 5.59. The molecule has 2 heterocycles. The van der Waals surface area contributed by atoms with E-state index in [1.807, 2.05) is 22.9 Å². The van der Waals surface area contributed by atoms with Crippen molar-refractivity contribution in [2.24, 2.45) is 0 Å². The lowest BCUT2D eigenvalue weighted by Gasteiger charge is -2.21. The molecule has 0 aliphatic heterocycles. The van der Waals surface area contributed by atoms with Gasteiger partial charge in [0.15, 0.2) is 0 Å². The Balaban J connectivity index is 1.87. The quantitative estimate of drug-likeness (QED) is 0.921. The molecule has 0 saturated heterocycles. The largest absolute Gasteiger partial charge is 0.480 e. The second kappa shape index (κ2) is 5.88. The third kappa shape index (κ3) is 3.01. The van der Waals surface area contributed by atoms with E-state index >= 15 is 0 Å². The summed E-state index contributed by atoms with van der Waals surface area (Å²) in [6.07, 6.45) is 1.75. The lowest BCUT2D eigenvalue weighted by Crippen LogP contribution is -2.37. The Bertz CT molecular complexity index is 708. The van der Waals surface area contributed by atoms with Gasteiger partial charge in [-0.3, -0.25) is 14.6 Å². The van der Waals surface area contributed by atoms with Crippen molar-refractivity contribution in [2.45, 2.75) is 25.8 Å². The van der Waals surface area contributed by atoms with Gasteiger partial charge in [0.05, 0.1) is 17.0 Å². The third-order valence-electron chi connectivity index (χ3n) is 3.69. The minimum Gasteiger partial charge on any atom is -0.480 e. The van der Waals surface area contributed by atoms with Crippen molar-refractivity contribution in [3.8, 4) is 11.3 Å². The molecule has 6 heteroatoms. The third-order valence-corrected chi connectivity index (χ3v) is 4.37. The van der Waals surface area contributed by atoms with E-state index in [0.29, 0.717) is 11.3 Å². The molecule has 0 aromatic carbocycles. The maximum Gasteiger partial charge on any atom is 0.323 e. The first kappa shape index (κ1) is 14.7. The van der Waals surface area contributed by atoms with Gasteiger partial charge in [-0.1, -0.05) is 0 Å². The van der Waals surface area contributed by atoms with E-state index in [2.05, 4.69) is 4.98 Å². The van der Waals surface area contributed by atoms with E-state index in [-0.39, 0.29) is 18.5 Å². The first-order valence-corrected chi connectivity index (χ1v) is 8.03. The zero-order chi connectivity index (χ0) is 15.7. The van der Waals surface area contributed by atoms with E-state index in [4.69, 9.17) is 5.11 Å². The maximum absolute atomic E-state index is 12.6. The van der Waals surface area contributed by atoms with Crippen LogP contribution < -0.4 is 0 Å². The molecule has 1 aliphatic rings. The van der Waals surface area contributed by atoms with Gasteiger partial charge in [-0.25, -0.2) is 0 Å². The highest BCUT2D eigenvalue weighted by atomic mass is 32.1. The monoisotopic (exact) mass is 316 g/mol. The van der Waals surface area contributed by atoms with Crippen LogP contribution >= 0.6 is 11.3 Å². The van der Waals surface area contributed by atoms with Gasteiger partial charge in [-0.2, -0.15) is 11.3 Å². The van der Waals surface area contributed by atoms with Crippen LogP contribution in [0.3, 0.4) is 0 Å². The Kier molecular flexibility index (Phi) is 3.94. The van der Waals surface area contributed by atoms with E-state index in [0.717, 1.165) is 24.1 Å². The van der Waals surface area contributed by atoms with E-state index < -0.39 is 5.97 Å². The standard InChI is InChI=1S/C16H16N2O3S/c1-10-13(4-5-14(17-10)11-6-7-22-9-11)16(21)18(8-15(19)20)12-2-3-12/h4-7,9,12H,2-3,8H2,1H3,(H,19,20). The summed E-state index contributed by atoms with van der Waals surface area (Å²) in [7, 11) is 0. The van der Waals surface area contributed by atoms with Crippen LogP contribution in [0.1, 0.15) is 28.9 Å². The van der Waals surface area contributed by atoms with Crippen molar-refractivity contribution in [1.29, 1.82) is 0 Å². The Morgan fingerprint density at radius 2 is 2.14 bits per heavy atom. The molecular formula is C16H16N2O3S. The maximum atomic E-state index is 12.6. The van der Waals surface area contributed by atoms with Crippen LogP contribution in [0.25, 0.3) is 11.3 Å². The van der Waals surface area contributed by atoms with Gasteiger partial charge >= 0.3 is 5.97 Å². The molecule has 1 amide bonds. The van der Waals surface area contributed by atoms with Gasteiger partial charge in [-0.05, 0) is 43.3 Å². The Morgan fingerprint density at radius 3 is 2.68 bits per heavy atom. The summed E-state index contributed by atoms with van der Waals surface area (Å²) in [5, 5.41) is 13.0. The first-order chi connectivity index (χ1) is 10.6. The molecule has 3 rings (SSSR count). The summed E-state index contributed by atoms with van der Waals surface area (Å²) in [5.41, 5.74) is 2.96. The number of hydrogen-bond donors (Lipinski definition) is 1. The zero-order valence-electron chi connectivity index (χ0n) is 12.2. The van der Waals surface area contributed by atoms with Crippen LogP contribution in [-0.4, -0.2) is 39.5 Å². The molecule has 2 aromatic heterocycles. The highest BCUT2D eigenvalue weighted by Crippen LogP contribution is 2.29. The van der Waals surface area contributed by atoms with Gasteiger partial charge in [-0.15, -0.1) is 0 Å². The molecule has 1 N–H and O–H groups in total. The molecule has 0 radical (unpaired) electrons. The predicted molar refractivity (Wildman–Crippen MR) is 84.0 cm³/mol. The number of carboxylic acids is 1. The molecule has 1 fully saturated rings. The number of carbonyl (C=O) groups is 2. The Morgan fingerprint density at radius 1 is 1.36 bits per heavy atom. The van der Waals surface area contributed by atoms with Crippen molar-refractivity contribution in [3.63, 3.8) is 0 Å². The summed E-state index contributed by atoms with van der Waals surface area (Å²) in [4.78, 5) is 29.5. The minimum absolute atomic E-state index is 0.0551. The number of rotatable bonds is 5. The number of aromatic nitrogens is 1. The molecule has 1 aliphatic carbocycles. The second-order valence-corrected chi connectivity index (χ2v) is 6.18. The Labute approximate surface area is 132 Å². The van der Waals surface area contributed by atoms with Crippen LogP contribution in [0.4, 0.5) is 0 Å². The van der Waals surface area contributed by atoms with Crippen molar-refractivity contribution in [2.75, 3.05) is 6.54 Å². The van der Waals surface area contributed by atoms with Crippen LogP contribution in [0.5, 0.6) is 0 Å². The van der Waals surface area contributed by atoms with Crippen LogP contribution in [0.15, 0.2) is 29.0 Å². The predicted octanol–water partition coefficient (Wildman–Crippen LogP) is 2.81. The van der Waals surface area contributed by atoms with E-state index in [1.165, 1.54) is 4.90 Å². The SMILES string of the molecule is Cc1nc(-c2ccsc2)ccc1C(=O)N(CC(=O)O)C1CC1. The number of aliphatic carboxylic acids is 1. The van der Waals surface area contributed by atoms with Crippen LogP contribution in [0.2, 0.25) is 0 Å². The molecule has 0 spiro atoms. The molecule has 0 bridgehead atoms.